The third-order valence-corrected chi connectivity index (χ3v) is 4.67. The van der Waals surface area contributed by atoms with E-state index in [0.717, 1.165) is 44.0 Å². The SMILES string of the molecule is O=C(Cc1coc(-c2cccs2)n1)NCCCN1CCNCC1. The number of carbonyl (C=O) groups excluding carboxylic acids is 1. The molecule has 0 unspecified atom stereocenters. The van der Waals surface area contributed by atoms with Crippen molar-refractivity contribution in [1.29, 1.82) is 0 Å². The molecule has 3 heterocycles. The third-order valence-electron chi connectivity index (χ3n) is 3.81. The van der Waals surface area contributed by atoms with E-state index in [1.165, 1.54) is 0 Å². The fourth-order valence-electron chi connectivity index (χ4n) is 2.59. The molecule has 0 aliphatic carbocycles. The summed E-state index contributed by atoms with van der Waals surface area (Å²) in [5.41, 5.74) is 0.674. The topological polar surface area (TPSA) is 70.4 Å². The highest BCUT2D eigenvalue weighted by atomic mass is 32.1. The Morgan fingerprint density at radius 2 is 2.30 bits per heavy atom. The van der Waals surface area contributed by atoms with Gasteiger partial charge in [-0.2, -0.15) is 0 Å². The standard InChI is InChI=1S/C16H22N4O2S/c21-15(18-4-2-7-20-8-5-17-6-9-20)11-13-12-22-16(19-13)14-3-1-10-23-14/h1,3,10,12,17H,2,4-9,11H2,(H,18,21). The molecule has 124 valence electrons. The van der Waals surface area contributed by atoms with E-state index in [1.807, 2.05) is 17.5 Å². The van der Waals surface area contributed by atoms with Crippen LogP contribution in [0.2, 0.25) is 0 Å². The van der Waals surface area contributed by atoms with E-state index in [4.69, 9.17) is 4.42 Å². The first kappa shape index (κ1) is 16.2. The summed E-state index contributed by atoms with van der Waals surface area (Å²) in [5, 5.41) is 8.27. The summed E-state index contributed by atoms with van der Waals surface area (Å²) in [6, 6.07) is 3.91. The Morgan fingerprint density at radius 3 is 3.09 bits per heavy atom. The molecule has 1 aliphatic heterocycles. The number of aromatic nitrogens is 1. The minimum absolute atomic E-state index is 0.00339. The van der Waals surface area contributed by atoms with Gasteiger partial charge in [-0.25, -0.2) is 4.98 Å². The molecule has 0 atom stereocenters. The predicted molar refractivity (Wildman–Crippen MR) is 90.5 cm³/mol. The van der Waals surface area contributed by atoms with Crippen LogP contribution in [0.5, 0.6) is 0 Å². The zero-order valence-corrected chi connectivity index (χ0v) is 13.9. The molecule has 0 aromatic carbocycles. The lowest BCUT2D eigenvalue weighted by molar-refractivity contribution is -0.120. The Balaban J connectivity index is 1.36. The molecule has 0 radical (unpaired) electrons. The molecule has 1 aliphatic rings. The first-order valence-electron chi connectivity index (χ1n) is 7.99. The number of nitrogens with one attached hydrogen (secondary N) is 2. The first-order valence-corrected chi connectivity index (χ1v) is 8.87. The van der Waals surface area contributed by atoms with Gasteiger partial charge in [0.15, 0.2) is 0 Å². The van der Waals surface area contributed by atoms with Gasteiger partial charge in [-0.3, -0.25) is 4.79 Å². The van der Waals surface area contributed by atoms with E-state index in [9.17, 15) is 4.79 Å². The zero-order valence-electron chi connectivity index (χ0n) is 13.1. The monoisotopic (exact) mass is 334 g/mol. The van der Waals surface area contributed by atoms with Crippen LogP contribution in [0.15, 0.2) is 28.2 Å². The number of carbonyl (C=O) groups is 1. The molecule has 1 saturated heterocycles. The molecule has 0 spiro atoms. The van der Waals surface area contributed by atoms with E-state index >= 15 is 0 Å². The number of oxazole rings is 1. The van der Waals surface area contributed by atoms with Crippen LogP contribution in [0.25, 0.3) is 10.8 Å². The predicted octanol–water partition coefficient (Wildman–Crippen LogP) is 1.36. The molecule has 6 nitrogen and oxygen atoms in total. The van der Waals surface area contributed by atoms with Crippen molar-refractivity contribution >= 4 is 17.2 Å². The van der Waals surface area contributed by atoms with Gasteiger partial charge in [-0.15, -0.1) is 11.3 Å². The average molecular weight is 334 g/mol. The Hall–Kier alpha value is -1.70. The second-order valence-corrected chi connectivity index (χ2v) is 6.54. The van der Waals surface area contributed by atoms with Gasteiger partial charge >= 0.3 is 0 Å². The van der Waals surface area contributed by atoms with Gasteiger partial charge in [0, 0.05) is 32.7 Å². The molecule has 23 heavy (non-hydrogen) atoms. The number of hydrogen-bond acceptors (Lipinski definition) is 6. The zero-order chi connectivity index (χ0) is 15.9. The van der Waals surface area contributed by atoms with Gasteiger partial charge < -0.3 is 20.0 Å². The summed E-state index contributed by atoms with van der Waals surface area (Å²) >= 11 is 1.57. The van der Waals surface area contributed by atoms with E-state index in [2.05, 4.69) is 20.5 Å². The van der Waals surface area contributed by atoms with Crippen LogP contribution < -0.4 is 10.6 Å². The molecular formula is C16H22N4O2S. The van der Waals surface area contributed by atoms with Crippen LogP contribution >= 0.6 is 11.3 Å². The highest BCUT2D eigenvalue weighted by Crippen LogP contribution is 2.23. The minimum atomic E-state index is -0.00339. The lowest BCUT2D eigenvalue weighted by Crippen LogP contribution is -2.44. The Labute approximate surface area is 139 Å². The summed E-state index contributed by atoms with van der Waals surface area (Å²) in [6.45, 7) is 6.06. The van der Waals surface area contributed by atoms with E-state index in [0.29, 0.717) is 18.1 Å². The van der Waals surface area contributed by atoms with Crippen molar-refractivity contribution in [2.45, 2.75) is 12.8 Å². The van der Waals surface area contributed by atoms with Gasteiger partial charge in [-0.05, 0) is 24.4 Å². The normalized spacial score (nSPS) is 15.7. The van der Waals surface area contributed by atoms with Gasteiger partial charge in [0.05, 0.1) is 17.0 Å². The lowest BCUT2D eigenvalue weighted by atomic mass is 10.3. The molecule has 3 rings (SSSR count). The minimum Gasteiger partial charge on any atom is -0.444 e. The molecular weight excluding hydrogens is 312 g/mol. The van der Waals surface area contributed by atoms with Gasteiger partial charge in [0.2, 0.25) is 11.8 Å². The third kappa shape index (κ3) is 4.89. The van der Waals surface area contributed by atoms with Gasteiger partial charge in [0.1, 0.15) is 6.26 Å². The van der Waals surface area contributed by atoms with Gasteiger partial charge in [-0.1, -0.05) is 6.07 Å². The van der Waals surface area contributed by atoms with E-state index in [-0.39, 0.29) is 12.3 Å². The Kier molecular flexibility index (Phi) is 5.79. The van der Waals surface area contributed by atoms with E-state index < -0.39 is 0 Å². The number of piperazine rings is 1. The Morgan fingerprint density at radius 1 is 1.43 bits per heavy atom. The maximum absolute atomic E-state index is 11.9. The fourth-order valence-corrected chi connectivity index (χ4v) is 3.25. The molecule has 2 aromatic heterocycles. The van der Waals surface area contributed by atoms with Crippen molar-refractivity contribution in [1.82, 2.24) is 20.5 Å². The molecule has 2 aromatic rings. The average Bonchev–Trinajstić information content (AvgIpc) is 3.24. The lowest BCUT2D eigenvalue weighted by Gasteiger charge is -2.27. The van der Waals surface area contributed by atoms with Crippen molar-refractivity contribution in [2.75, 3.05) is 39.3 Å². The van der Waals surface area contributed by atoms with Crippen LogP contribution in [-0.4, -0.2) is 55.1 Å². The van der Waals surface area contributed by atoms with Crippen LogP contribution in [0, 0.1) is 0 Å². The summed E-state index contributed by atoms with van der Waals surface area (Å²) in [4.78, 5) is 19.7. The summed E-state index contributed by atoms with van der Waals surface area (Å²) in [5.74, 6) is 0.581. The quantitative estimate of drug-likeness (QED) is 0.748. The smallest absolute Gasteiger partial charge is 0.236 e. The first-order chi connectivity index (χ1) is 11.3. The summed E-state index contributed by atoms with van der Waals surface area (Å²) in [6.07, 6.45) is 2.81. The maximum atomic E-state index is 11.9. The second kappa shape index (κ2) is 8.24. The molecule has 2 N–H and O–H groups in total. The van der Waals surface area contributed by atoms with Crippen LogP contribution in [-0.2, 0) is 11.2 Å². The molecule has 7 heteroatoms. The highest BCUT2D eigenvalue weighted by molar-refractivity contribution is 7.13. The summed E-state index contributed by atoms with van der Waals surface area (Å²) in [7, 11) is 0. The van der Waals surface area contributed by atoms with Crippen molar-refractivity contribution in [3.05, 3.63) is 29.5 Å². The van der Waals surface area contributed by atoms with Crippen molar-refractivity contribution in [3.8, 4) is 10.8 Å². The number of rotatable bonds is 7. The van der Waals surface area contributed by atoms with Crippen LogP contribution in [0.3, 0.4) is 0 Å². The number of thiophene rings is 1. The van der Waals surface area contributed by atoms with Crippen molar-refractivity contribution < 1.29 is 9.21 Å². The molecule has 1 amide bonds. The Bertz CT molecular complexity index is 605. The maximum Gasteiger partial charge on any atom is 0.236 e. The number of nitrogens with zero attached hydrogens (tertiary/aromatic N) is 2. The fraction of sp³-hybridized carbons (Fsp3) is 0.500. The molecule has 1 fully saturated rings. The summed E-state index contributed by atoms with van der Waals surface area (Å²) < 4.78 is 5.42. The van der Waals surface area contributed by atoms with Crippen LogP contribution in [0.4, 0.5) is 0 Å². The number of amides is 1. The number of hydrogen-bond donors (Lipinski definition) is 2. The van der Waals surface area contributed by atoms with Crippen LogP contribution in [0.1, 0.15) is 12.1 Å². The molecule has 0 bridgehead atoms. The van der Waals surface area contributed by atoms with Crippen molar-refractivity contribution in [2.24, 2.45) is 0 Å². The largest absolute Gasteiger partial charge is 0.444 e. The van der Waals surface area contributed by atoms with E-state index in [1.54, 1.807) is 17.6 Å². The second-order valence-electron chi connectivity index (χ2n) is 5.59. The highest BCUT2D eigenvalue weighted by Gasteiger charge is 2.12. The molecule has 0 saturated carbocycles. The van der Waals surface area contributed by atoms with Gasteiger partial charge in [0.25, 0.3) is 0 Å². The van der Waals surface area contributed by atoms with Crippen molar-refractivity contribution in [3.63, 3.8) is 0 Å².